The first-order chi connectivity index (χ1) is 18.2. The Hall–Kier alpha value is -3.75. The average Bonchev–Trinajstić information content (AvgIpc) is 3.25. The number of piperazine rings is 1. The first kappa shape index (κ1) is 25.9. The Labute approximate surface area is 224 Å². The molecule has 1 aromatic heterocycles. The van der Waals surface area contributed by atoms with E-state index in [0.29, 0.717) is 6.42 Å². The summed E-state index contributed by atoms with van der Waals surface area (Å²) in [6, 6.07) is 4.96. The Balaban J connectivity index is 1.57. The Morgan fingerprint density at radius 1 is 1.29 bits per heavy atom. The molecule has 3 aromatic rings. The molecule has 7 nitrogen and oxygen atoms in total. The number of nitrogens with two attached hydrogens (primary N) is 1. The molecule has 1 atom stereocenters. The summed E-state index contributed by atoms with van der Waals surface area (Å²) in [7, 11) is 0. The number of nitrogens with zero attached hydrogens (tertiary/aromatic N) is 3. The van der Waals surface area contributed by atoms with Crippen LogP contribution in [0.15, 0.2) is 30.4 Å². The number of thiophene rings is 1. The predicted octanol–water partition coefficient (Wildman–Crippen LogP) is 4.91. The van der Waals surface area contributed by atoms with Crippen molar-refractivity contribution in [1.29, 1.82) is 5.26 Å². The van der Waals surface area contributed by atoms with E-state index in [0.717, 1.165) is 23.5 Å². The summed E-state index contributed by atoms with van der Waals surface area (Å²) in [6.45, 7) is 3.03. The van der Waals surface area contributed by atoms with Crippen molar-refractivity contribution >= 4 is 49.8 Å². The SMILES string of the molecule is C=C(CF)C(=O)N1CCN2C(=O)c3cc(F)c(-c4ccc(F)c5sc(N)c(C#N)c45)c(Cl)c3OCC[C@H]2C1. The van der Waals surface area contributed by atoms with Gasteiger partial charge >= 0.3 is 0 Å². The van der Waals surface area contributed by atoms with Crippen molar-refractivity contribution in [2.75, 3.05) is 38.6 Å². The van der Waals surface area contributed by atoms with Crippen LogP contribution in [0.2, 0.25) is 5.02 Å². The van der Waals surface area contributed by atoms with Crippen LogP contribution in [0.25, 0.3) is 21.2 Å². The molecule has 196 valence electrons. The van der Waals surface area contributed by atoms with Crippen LogP contribution in [0.3, 0.4) is 0 Å². The third-order valence-corrected chi connectivity index (χ3v) is 8.18. The van der Waals surface area contributed by atoms with Crippen molar-refractivity contribution in [3.05, 3.63) is 58.1 Å². The lowest BCUT2D eigenvalue weighted by Gasteiger charge is -2.42. The van der Waals surface area contributed by atoms with Crippen LogP contribution in [0.1, 0.15) is 22.3 Å². The lowest BCUT2D eigenvalue weighted by Crippen LogP contribution is -2.57. The number of carbonyl (C=O) groups is 2. The van der Waals surface area contributed by atoms with Gasteiger partial charge in [0.1, 0.15) is 29.4 Å². The van der Waals surface area contributed by atoms with Crippen LogP contribution < -0.4 is 10.5 Å². The smallest absolute Gasteiger partial charge is 0.258 e. The summed E-state index contributed by atoms with van der Waals surface area (Å²) in [5.74, 6) is -2.56. The number of amides is 2. The fraction of sp³-hybridized carbons (Fsp3) is 0.269. The zero-order valence-electron chi connectivity index (χ0n) is 19.8. The van der Waals surface area contributed by atoms with Crippen LogP contribution >= 0.6 is 22.9 Å². The van der Waals surface area contributed by atoms with Crippen molar-refractivity contribution in [3.63, 3.8) is 0 Å². The Morgan fingerprint density at radius 3 is 2.76 bits per heavy atom. The van der Waals surface area contributed by atoms with Crippen LogP contribution in [-0.2, 0) is 4.79 Å². The molecule has 0 unspecified atom stereocenters. The van der Waals surface area contributed by atoms with Gasteiger partial charge in [0.15, 0.2) is 5.75 Å². The molecule has 2 aliphatic rings. The number of nitriles is 1. The number of carbonyl (C=O) groups excluding carboxylic acids is 2. The highest BCUT2D eigenvalue weighted by Crippen LogP contribution is 2.47. The third kappa shape index (κ3) is 4.04. The lowest BCUT2D eigenvalue weighted by molar-refractivity contribution is -0.130. The van der Waals surface area contributed by atoms with E-state index in [1.807, 2.05) is 6.07 Å². The number of nitrogen functional groups attached to an aromatic ring is 1. The number of rotatable bonds is 3. The van der Waals surface area contributed by atoms with Crippen LogP contribution in [0, 0.1) is 23.0 Å². The van der Waals surface area contributed by atoms with Gasteiger partial charge in [-0.2, -0.15) is 5.26 Å². The summed E-state index contributed by atoms with van der Waals surface area (Å²) in [5.41, 5.74) is 5.66. The number of anilines is 1. The first-order valence-electron chi connectivity index (χ1n) is 11.6. The van der Waals surface area contributed by atoms with Gasteiger partial charge < -0.3 is 20.3 Å². The molecule has 0 spiro atoms. The molecule has 2 N–H and O–H groups in total. The van der Waals surface area contributed by atoms with Gasteiger partial charge in [-0.25, -0.2) is 13.2 Å². The number of hydrogen-bond donors (Lipinski definition) is 1. The molecule has 38 heavy (non-hydrogen) atoms. The summed E-state index contributed by atoms with van der Waals surface area (Å²) in [6.07, 6.45) is 0.334. The van der Waals surface area contributed by atoms with E-state index < -0.39 is 36.2 Å². The van der Waals surface area contributed by atoms with Crippen molar-refractivity contribution in [3.8, 4) is 22.9 Å². The number of alkyl halides is 1. The maximum atomic E-state index is 15.7. The number of fused-ring (bicyclic) bond motifs is 3. The molecule has 0 saturated carbocycles. The van der Waals surface area contributed by atoms with Crippen molar-refractivity contribution in [2.45, 2.75) is 12.5 Å². The van der Waals surface area contributed by atoms with Crippen LogP contribution in [-0.4, -0.2) is 60.6 Å². The standard InChI is InChI=1S/C26H20ClF3N4O3S/c1-12(9-28)25(35)33-5-6-34-13(11-33)4-7-37-22-15(26(34)36)8-18(30)20(21(22)27)14-2-3-17(29)23-19(14)16(10-31)24(32)38-23/h2-3,8,13H,1,4-7,9,11,32H2/t13-/m0/s1. The lowest BCUT2D eigenvalue weighted by atomic mass is 9.95. The molecule has 0 aliphatic carbocycles. The molecule has 2 amide bonds. The highest BCUT2D eigenvalue weighted by molar-refractivity contribution is 7.23. The van der Waals surface area contributed by atoms with Gasteiger partial charge in [-0.3, -0.25) is 9.59 Å². The molecule has 3 heterocycles. The molecule has 5 rings (SSSR count). The minimum atomic E-state index is -0.965. The van der Waals surface area contributed by atoms with Crippen LogP contribution in [0.5, 0.6) is 5.75 Å². The topological polar surface area (TPSA) is 99.7 Å². The van der Waals surface area contributed by atoms with Gasteiger partial charge in [-0.1, -0.05) is 24.2 Å². The quantitative estimate of drug-likeness (QED) is 0.459. The number of ether oxygens (including phenoxy) is 1. The summed E-state index contributed by atoms with van der Waals surface area (Å²) >= 11 is 7.52. The normalized spacial score (nSPS) is 17.2. The minimum Gasteiger partial charge on any atom is -0.491 e. The summed E-state index contributed by atoms with van der Waals surface area (Å²) < 4.78 is 49.1. The van der Waals surface area contributed by atoms with Crippen LogP contribution in [0.4, 0.5) is 18.2 Å². The second kappa shape index (κ2) is 9.85. The van der Waals surface area contributed by atoms with Gasteiger partial charge in [-0.15, -0.1) is 11.3 Å². The zero-order chi connectivity index (χ0) is 27.3. The highest BCUT2D eigenvalue weighted by Gasteiger charge is 2.37. The monoisotopic (exact) mass is 560 g/mol. The molecule has 12 heteroatoms. The van der Waals surface area contributed by atoms with E-state index in [2.05, 4.69) is 6.58 Å². The first-order valence-corrected chi connectivity index (χ1v) is 12.8. The minimum absolute atomic E-state index is 0.00408. The average molecular weight is 561 g/mol. The number of halogens is 4. The molecular weight excluding hydrogens is 541 g/mol. The third-order valence-electron chi connectivity index (χ3n) is 6.80. The van der Waals surface area contributed by atoms with E-state index >= 15 is 4.39 Å². The fourth-order valence-corrected chi connectivity index (χ4v) is 6.24. The van der Waals surface area contributed by atoms with Gasteiger partial charge in [0.2, 0.25) is 0 Å². The highest BCUT2D eigenvalue weighted by atomic mass is 35.5. The predicted molar refractivity (Wildman–Crippen MR) is 138 cm³/mol. The van der Waals surface area contributed by atoms with E-state index in [1.165, 1.54) is 15.9 Å². The Bertz CT molecular complexity index is 1570. The van der Waals surface area contributed by atoms with Crippen molar-refractivity contribution in [2.24, 2.45) is 0 Å². The van der Waals surface area contributed by atoms with Gasteiger partial charge in [0.05, 0.1) is 33.5 Å². The summed E-state index contributed by atoms with van der Waals surface area (Å²) in [5, 5.41) is 9.63. The second-order valence-corrected chi connectivity index (χ2v) is 10.4. The molecule has 0 radical (unpaired) electrons. The molecule has 2 aromatic carbocycles. The number of hydrogen-bond acceptors (Lipinski definition) is 6. The second-order valence-electron chi connectivity index (χ2n) is 8.95. The van der Waals surface area contributed by atoms with Gasteiger partial charge in [-0.05, 0) is 17.7 Å². The van der Waals surface area contributed by atoms with Crippen molar-refractivity contribution in [1.82, 2.24) is 9.80 Å². The van der Waals surface area contributed by atoms with E-state index in [-0.39, 0.29) is 79.9 Å². The Kier molecular flexibility index (Phi) is 6.71. The van der Waals surface area contributed by atoms with Crippen molar-refractivity contribution < 1.29 is 27.5 Å². The van der Waals surface area contributed by atoms with Gasteiger partial charge in [0, 0.05) is 42.6 Å². The van der Waals surface area contributed by atoms with E-state index in [1.54, 1.807) is 0 Å². The molecular formula is C26H20ClF3N4O3S. The molecule has 0 bridgehead atoms. The summed E-state index contributed by atoms with van der Waals surface area (Å²) in [4.78, 5) is 28.9. The number of benzene rings is 2. The fourth-order valence-electron chi connectivity index (χ4n) is 4.94. The maximum absolute atomic E-state index is 15.7. The largest absolute Gasteiger partial charge is 0.491 e. The zero-order valence-corrected chi connectivity index (χ0v) is 21.4. The van der Waals surface area contributed by atoms with Gasteiger partial charge in [0.25, 0.3) is 11.8 Å². The van der Waals surface area contributed by atoms with E-state index in [9.17, 15) is 23.6 Å². The van der Waals surface area contributed by atoms with E-state index in [4.69, 9.17) is 22.1 Å². The molecule has 1 fully saturated rings. The maximum Gasteiger partial charge on any atom is 0.258 e. The Morgan fingerprint density at radius 2 is 2.05 bits per heavy atom. The molecule has 2 aliphatic heterocycles. The molecule has 1 saturated heterocycles.